The van der Waals surface area contributed by atoms with Crippen LogP contribution >= 0.6 is 0 Å². The van der Waals surface area contributed by atoms with E-state index in [1.165, 1.54) is 0 Å². The molecule has 0 atom stereocenters. The molecule has 0 fully saturated rings. The maximum Gasteiger partial charge on any atom is 0.339 e. The van der Waals surface area contributed by atoms with Gasteiger partial charge in [-0.05, 0) is 17.7 Å². The Labute approximate surface area is 105 Å². The standard InChI is InChI=1S/C13H14N2O3/c16-13(14-9-12-7-4-8-17-12)15-18-10-11-5-2-1-3-6-11/h1-8H,9-10H2,(H2,14,15,16). The first-order valence-electron chi connectivity index (χ1n) is 5.56. The van der Waals surface area contributed by atoms with E-state index in [4.69, 9.17) is 9.25 Å². The van der Waals surface area contributed by atoms with Crippen molar-refractivity contribution in [3.05, 3.63) is 60.1 Å². The zero-order valence-corrected chi connectivity index (χ0v) is 9.76. The van der Waals surface area contributed by atoms with Crippen molar-refractivity contribution < 1.29 is 14.0 Å². The second-order valence-electron chi connectivity index (χ2n) is 3.64. The Morgan fingerprint density at radius 2 is 2.00 bits per heavy atom. The molecule has 94 valence electrons. The smallest absolute Gasteiger partial charge is 0.339 e. The van der Waals surface area contributed by atoms with Gasteiger partial charge in [-0.1, -0.05) is 30.3 Å². The molecular formula is C13H14N2O3. The largest absolute Gasteiger partial charge is 0.467 e. The first-order valence-corrected chi connectivity index (χ1v) is 5.56. The fourth-order valence-electron chi connectivity index (χ4n) is 1.38. The number of nitrogens with one attached hydrogen (secondary N) is 2. The van der Waals surface area contributed by atoms with Crippen LogP contribution in [-0.2, 0) is 18.0 Å². The summed E-state index contributed by atoms with van der Waals surface area (Å²) in [5, 5.41) is 2.60. The summed E-state index contributed by atoms with van der Waals surface area (Å²) in [6, 6.07) is 12.7. The third kappa shape index (κ3) is 3.95. The molecule has 5 nitrogen and oxygen atoms in total. The summed E-state index contributed by atoms with van der Waals surface area (Å²) in [6.45, 7) is 0.655. The third-order valence-corrected chi connectivity index (χ3v) is 2.25. The van der Waals surface area contributed by atoms with Gasteiger partial charge in [0.2, 0.25) is 0 Å². The SMILES string of the molecule is O=C(NCc1ccco1)NOCc1ccccc1. The Hall–Kier alpha value is -2.27. The molecule has 2 rings (SSSR count). The molecule has 0 aliphatic rings. The predicted octanol–water partition coefficient (Wildman–Crippen LogP) is 2.21. The van der Waals surface area contributed by atoms with Gasteiger partial charge in [0.15, 0.2) is 0 Å². The van der Waals surface area contributed by atoms with E-state index in [1.54, 1.807) is 18.4 Å². The minimum atomic E-state index is -0.401. The Balaban J connectivity index is 1.63. The average molecular weight is 246 g/mol. The lowest BCUT2D eigenvalue weighted by Gasteiger charge is -2.06. The molecule has 1 aromatic heterocycles. The Morgan fingerprint density at radius 3 is 2.72 bits per heavy atom. The van der Waals surface area contributed by atoms with E-state index in [-0.39, 0.29) is 0 Å². The van der Waals surface area contributed by atoms with Crippen LogP contribution in [0.1, 0.15) is 11.3 Å². The van der Waals surface area contributed by atoms with Gasteiger partial charge < -0.3 is 9.73 Å². The second kappa shape index (κ2) is 6.46. The molecule has 0 saturated heterocycles. The molecule has 2 aromatic rings. The van der Waals surface area contributed by atoms with Gasteiger partial charge in [-0.15, -0.1) is 0 Å². The van der Waals surface area contributed by atoms with Crippen LogP contribution in [0.15, 0.2) is 53.1 Å². The predicted molar refractivity (Wildman–Crippen MR) is 65.3 cm³/mol. The first kappa shape index (κ1) is 12.2. The van der Waals surface area contributed by atoms with Crippen LogP contribution in [0.2, 0.25) is 0 Å². The highest BCUT2D eigenvalue weighted by molar-refractivity contribution is 5.72. The van der Waals surface area contributed by atoms with E-state index in [9.17, 15) is 4.79 Å². The molecule has 1 aromatic carbocycles. The lowest BCUT2D eigenvalue weighted by Crippen LogP contribution is -2.34. The summed E-state index contributed by atoms with van der Waals surface area (Å²) < 4.78 is 5.07. The molecule has 18 heavy (non-hydrogen) atoms. The zero-order valence-electron chi connectivity index (χ0n) is 9.76. The minimum Gasteiger partial charge on any atom is -0.467 e. The number of rotatable bonds is 5. The highest BCUT2D eigenvalue weighted by Crippen LogP contribution is 1.99. The minimum absolute atomic E-state index is 0.327. The normalized spacial score (nSPS) is 10.0. The summed E-state index contributed by atoms with van der Waals surface area (Å²) in [7, 11) is 0. The van der Waals surface area contributed by atoms with Gasteiger partial charge in [0.05, 0.1) is 19.4 Å². The van der Waals surface area contributed by atoms with E-state index in [1.807, 2.05) is 30.3 Å². The lowest BCUT2D eigenvalue weighted by molar-refractivity contribution is 0.0488. The van der Waals surface area contributed by atoms with Crippen LogP contribution < -0.4 is 10.8 Å². The molecule has 0 spiro atoms. The van der Waals surface area contributed by atoms with Crippen molar-refractivity contribution in [3.8, 4) is 0 Å². The molecule has 2 N–H and O–H groups in total. The number of hydrogen-bond donors (Lipinski definition) is 2. The van der Waals surface area contributed by atoms with Gasteiger partial charge in [-0.3, -0.25) is 4.84 Å². The van der Waals surface area contributed by atoms with Crippen molar-refractivity contribution in [1.29, 1.82) is 0 Å². The summed E-state index contributed by atoms with van der Waals surface area (Å²) in [6.07, 6.45) is 1.56. The highest BCUT2D eigenvalue weighted by Gasteiger charge is 2.01. The van der Waals surface area contributed by atoms with Gasteiger partial charge in [0, 0.05) is 0 Å². The molecule has 1 heterocycles. The van der Waals surface area contributed by atoms with Crippen LogP contribution in [0.3, 0.4) is 0 Å². The number of hydroxylamine groups is 1. The number of hydrogen-bond acceptors (Lipinski definition) is 3. The van der Waals surface area contributed by atoms with E-state index in [2.05, 4.69) is 10.8 Å². The Bertz CT molecular complexity index is 468. The summed E-state index contributed by atoms with van der Waals surface area (Å²) in [4.78, 5) is 16.4. The van der Waals surface area contributed by atoms with Crippen molar-refractivity contribution in [3.63, 3.8) is 0 Å². The molecule has 0 radical (unpaired) electrons. The number of furan rings is 1. The van der Waals surface area contributed by atoms with Crippen molar-refractivity contribution in [2.24, 2.45) is 0 Å². The molecule has 0 saturated carbocycles. The first-order chi connectivity index (χ1) is 8.84. The van der Waals surface area contributed by atoms with Crippen molar-refractivity contribution >= 4 is 6.03 Å². The van der Waals surface area contributed by atoms with E-state index < -0.39 is 6.03 Å². The maximum absolute atomic E-state index is 11.3. The van der Waals surface area contributed by atoms with Crippen LogP contribution in [0.5, 0.6) is 0 Å². The third-order valence-electron chi connectivity index (χ3n) is 2.25. The number of carbonyl (C=O) groups is 1. The molecule has 0 unspecified atom stereocenters. The van der Waals surface area contributed by atoms with Crippen molar-refractivity contribution in [2.75, 3.05) is 0 Å². The molecule has 0 aliphatic carbocycles. The van der Waals surface area contributed by atoms with Gasteiger partial charge in [-0.25, -0.2) is 10.3 Å². The van der Waals surface area contributed by atoms with Crippen LogP contribution in [0.4, 0.5) is 4.79 Å². The average Bonchev–Trinajstić information content (AvgIpc) is 2.91. The molecule has 0 bridgehead atoms. The molecular weight excluding hydrogens is 232 g/mol. The number of amides is 2. The number of carbonyl (C=O) groups excluding carboxylic acids is 1. The summed E-state index contributed by atoms with van der Waals surface area (Å²) in [5.41, 5.74) is 3.29. The quantitative estimate of drug-likeness (QED) is 0.795. The summed E-state index contributed by atoms with van der Waals surface area (Å²) >= 11 is 0. The fourth-order valence-corrected chi connectivity index (χ4v) is 1.38. The summed E-state index contributed by atoms with van der Waals surface area (Å²) in [5.74, 6) is 0.688. The number of urea groups is 1. The van der Waals surface area contributed by atoms with Gasteiger partial charge in [0.1, 0.15) is 5.76 Å². The topological polar surface area (TPSA) is 63.5 Å². The maximum atomic E-state index is 11.3. The van der Waals surface area contributed by atoms with Crippen LogP contribution in [0.25, 0.3) is 0 Å². The molecule has 0 aliphatic heterocycles. The van der Waals surface area contributed by atoms with Crippen molar-refractivity contribution in [2.45, 2.75) is 13.2 Å². The van der Waals surface area contributed by atoms with E-state index >= 15 is 0 Å². The van der Waals surface area contributed by atoms with Gasteiger partial charge in [-0.2, -0.15) is 0 Å². The van der Waals surface area contributed by atoms with Crippen LogP contribution in [-0.4, -0.2) is 6.03 Å². The monoisotopic (exact) mass is 246 g/mol. The van der Waals surface area contributed by atoms with Gasteiger partial charge >= 0.3 is 6.03 Å². The van der Waals surface area contributed by atoms with E-state index in [0.29, 0.717) is 18.9 Å². The van der Waals surface area contributed by atoms with Gasteiger partial charge in [0.25, 0.3) is 0 Å². The highest BCUT2D eigenvalue weighted by atomic mass is 16.7. The number of benzene rings is 1. The zero-order chi connectivity index (χ0) is 12.6. The van der Waals surface area contributed by atoms with Crippen molar-refractivity contribution in [1.82, 2.24) is 10.8 Å². The Morgan fingerprint density at radius 1 is 1.17 bits per heavy atom. The molecule has 2 amide bonds. The van der Waals surface area contributed by atoms with Crippen LogP contribution in [0, 0.1) is 0 Å². The second-order valence-corrected chi connectivity index (χ2v) is 3.64. The lowest BCUT2D eigenvalue weighted by atomic mass is 10.2. The van der Waals surface area contributed by atoms with E-state index in [0.717, 1.165) is 5.56 Å². The fraction of sp³-hybridized carbons (Fsp3) is 0.154. The molecule has 5 heteroatoms. The Kier molecular flexibility index (Phi) is 4.38.